The molecule has 0 spiro atoms. The van der Waals surface area contributed by atoms with E-state index < -0.39 is 0 Å². The van der Waals surface area contributed by atoms with E-state index in [1.54, 1.807) is 6.92 Å². The molecule has 4 saturated carbocycles. The summed E-state index contributed by atoms with van der Waals surface area (Å²) in [4.78, 5) is 11.5. The Kier molecular flexibility index (Phi) is 5.74. The third-order valence-electron chi connectivity index (χ3n) is 11.5. The average molecular weight is 437 g/mol. The minimum absolute atomic E-state index is 0.0959. The molecule has 32 heavy (non-hydrogen) atoms. The molecule has 4 aliphatic carbocycles. The Bertz CT molecular complexity index is 832. The van der Waals surface area contributed by atoms with E-state index in [1.165, 1.54) is 63.4 Å². The summed E-state index contributed by atoms with van der Waals surface area (Å²) in [6, 6.07) is 11.1. The lowest BCUT2D eigenvalue weighted by Crippen LogP contribution is -2.55. The highest BCUT2D eigenvalue weighted by Crippen LogP contribution is 2.71. The molecular weight excluding hydrogens is 392 g/mol. The molecule has 0 radical (unpaired) electrons. The van der Waals surface area contributed by atoms with Gasteiger partial charge in [0.2, 0.25) is 0 Å². The van der Waals surface area contributed by atoms with Gasteiger partial charge >= 0.3 is 5.97 Å². The maximum Gasteiger partial charge on any atom is 0.302 e. The van der Waals surface area contributed by atoms with Crippen LogP contribution in [-0.4, -0.2) is 12.1 Å². The minimum Gasteiger partial charge on any atom is -0.463 e. The van der Waals surface area contributed by atoms with E-state index in [-0.39, 0.29) is 12.1 Å². The summed E-state index contributed by atoms with van der Waals surface area (Å²) in [5.74, 6) is 3.36. The van der Waals surface area contributed by atoms with Crippen LogP contribution in [0.2, 0.25) is 0 Å². The Morgan fingerprint density at radius 2 is 1.69 bits per heavy atom. The molecule has 2 heteroatoms. The van der Waals surface area contributed by atoms with Crippen molar-refractivity contribution in [2.45, 2.75) is 104 Å². The van der Waals surface area contributed by atoms with Crippen molar-refractivity contribution in [3.63, 3.8) is 0 Å². The van der Waals surface area contributed by atoms with Crippen LogP contribution in [0, 0.1) is 39.9 Å². The summed E-state index contributed by atoms with van der Waals surface area (Å²) in [6.07, 6.45) is 14.6. The van der Waals surface area contributed by atoms with Gasteiger partial charge in [0.1, 0.15) is 6.10 Å². The molecule has 5 rings (SSSR count). The van der Waals surface area contributed by atoms with Gasteiger partial charge in [-0.15, -0.1) is 0 Å². The first kappa shape index (κ1) is 22.5. The molecule has 0 unspecified atom stereocenters. The Hall–Kier alpha value is -1.31. The van der Waals surface area contributed by atoms with Crippen LogP contribution >= 0.6 is 0 Å². The second kappa shape index (κ2) is 8.17. The van der Waals surface area contributed by atoms with E-state index >= 15 is 0 Å². The predicted octanol–water partition coefficient (Wildman–Crippen LogP) is 7.60. The monoisotopic (exact) mass is 436 g/mol. The Morgan fingerprint density at radius 1 is 0.938 bits per heavy atom. The number of aryl methyl sites for hydroxylation is 1. The van der Waals surface area contributed by atoms with Crippen molar-refractivity contribution in [1.29, 1.82) is 0 Å². The Labute approximate surface area is 195 Å². The normalized spacial score (nSPS) is 45.4. The van der Waals surface area contributed by atoms with Crippen molar-refractivity contribution >= 4 is 5.97 Å². The summed E-state index contributed by atoms with van der Waals surface area (Å²) in [5, 5.41) is 0. The van der Waals surface area contributed by atoms with Gasteiger partial charge in [-0.3, -0.25) is 4.79 Å². The van der Waals surface area contributed by atoms with E-state index in [0.29, 0.717) is 16.2 Å². The number of rotatable bonds is 4. The second-order valence-electron chi connectivity index (χ2n) is 12.7. The molecule has 176 valence electrons. The molecule has 4 aliphatic rings. The van der Waals surface area contributed by atoms with Crippen LogP contribution in [0.25, 0.3) is 0 Å². The highest BCUT2D eigenvalue weighted by atomic mass is 16.5. The molecule has 0 aromatic heterocycles. The minimum atomic E-state index is -0.0959. The fourth-order valence-electron chi connectivity index (χ4n) is 9.40. The molecule has 4 fully saturated rings. The van der Waals surface area contributed by atoms with Crippen LogP contribution in [0.5, 0.6) is 0 Å². The molecule has 1 aromatic carbocycles. The number of carbonyl (C=O) groups is 1. The molecule has 0 bridgehead atoms. The maximum atomic E-state index is 11.5. The first-order valence-electron chi connectivity index (χ1n) is 13.5. The zero-order valence-electron chi connectivity index (χ0n) is 20.9. The average Bonchev–Trinajstić information content (AvgIpc) is 3.04. The summed E-state index contributed by atoms with van der Waals surface area (Å²) in [5.41, 5.74) is 2.95. The van der Waals surface area contributed by atoms with Crippen molar-refractivity contribution in [3.8, 4) is 0 Å². The SMILES string of the molecule is CC(=O)O[C@@H]1CC[C@@]2(C)[C@@H](CC[C@@H]3[C@@H]2CC[C@@]2(C)[C@H]3CC[C@@]2(C)CCc2ccccc2)C1. The van der Waals surface area contributed by atoms with Gasteiger partial charge in [0, 0.05) is 6.92 Å². The number of hydrogen-bond acceptors (Lipinski definition) is 2. The summed E-state index contributed by atoms with van der Waals surface area (Å²) in [6.45, 7) is 9.50. The van der Waals surface area contributed by atoms with Gasteiger partial charge < -0.3 is 4.74 Å². The zero-order chi connectivity index (χ0) is 22.6. The predicted molar refractivity (Wildman–Crippen MR) is 130 cm³/mol. The smallest absolute Gasteiger partial charge is 0.302 e. The lowest BCUT2D eigenvalue weighted by Gasteiger charge is -2.62. The van der Waals surface area contributed by atoms with Crippen LogP contribution in [0.15, 0.2) is 30.3 Å². The highest BCUT2D eigenvalue weighted by Gasteiger charge is 2.63. The highest BCUT2D eigenvalue weighted by molar-refractivity contribution is 5.66. The summed E-state index contributed by atoms with van der Waals surface area (Å²) in [7, 11) is 0. The van der Waals surface area contributed by atoms with Gasteiger partial charge in [0.05, 0.1) is 0 Å². The second-order valence-corrected chi connectivity index (χ2v) is 12.7. The summed E-state index contributed by atoms with van der Waals surface area (Å²) >= 11 is 0. The van der Waals surface area contributed by atoms with E-state index in [9.17, 15) is 4.79 Å². The van der Waals surface area contributed by atoms with Gasteiger partial charge in [-0.05, 0) is 116 Å². The topological polar surface area (TPSA) is 26.3 Å². The van der Waals surface area contributed by atoms with Gasteiger partial charge in [-0.1, -0.05) is 51.1 Å². The summed E-state index contributed by atoms with van der Waals surface area (Å²) < 4.78 is 5.66. The number of ether oxygens (including phenoxy) is 1. The molecule has 0 aliphatic heterocycles. The molecule has 0 saturated heterocycles. The number of carbonyl (C=O) groups excluding carboxylic acids is 1. The van der Waals surface area contributed by atoms with Crippen molar-refractivity contribution in [3.05, 3.63) is 35.9 Å². The van der Waals surface area contributed by atoms with Gasteiger partial charge in [0.25, 0.3) is 0 Å². The van der Waals surface area contributed by atoms with Crippen LogP contribution in [0.1, 0.15) is 97.5 Å². The van der Waals surface area contributed by atoms with Crippen LogP contribution in [0.4, 0.5) is 0 Å². The quantitative estimate of drug-likeness (QED) is 0.454. The first-order chi connectivity index (χ1) is 15.3. The molecule has 0 N–H and O–H groups in total. The molecule has 0 heterocycles. The van der Waals surface area contributed by atoms with E-state index in [2.05, 4.69) is 51.1 Å². The van der Waals surface area contributed by atoms with E-state index in [4.69, 9.17) is 4.74 Å². The standard InChI is InChI=1S/C30H44O2/c1-21(31)32-24-13-18-29(3)23(20-24)10-11-25-26(29)15-19-30(4)27(25)14-17-28(30,2)16-12-22-8-6-5-7-9-22/h5-9,23-27H,10-20H2,1-4H3/t23-,24+,25+,26-,27-,28+,29-,30-/m0/s1. The van der Waals surface area contributed by atoms with Gasteiger partial charge in [-0.25, -0.2) is 0 Å². The Morgan fingerprint density at radius 3 is 2.44 bits per heavy atom. The third-order valence-corrected chi connectivity index (χ3v) is 11.5. The molecule has 2 nitrogen and oxygen atoms in total. The molecule has 0 amide bonds. The van der Waals surface area contributed by atoms with E-state index in [1.807, 2.05) is 0 Å². The molecular formula is C30H44O2. The molecule has 1 aromatic rings. The van der Waals surface area contributed by atoms with Crippen molar-refractivity contribution < 1.29 is 9.53 Å². The van der Waals surface area contributed by atoms with Crippen LogP contribution in [-0.2, 0) is 16.0 Å². The zero-order valence-corrected chi connectivity index (χ0v) is 20.9. The van der Waals surface area contributed by atoms with Crippen LogP contribution < -0.4 is 0 Å². The third kappa shape index (κ3) is 3.55. The van der Waals surface area contributed by atoms with Crippen LogP contribution in [0.3, 0.4) is 0 Å². The number of esters is 1. The van der Waals surface area contributed by atoms with Crippen molar-refractivity contribution in [2.24, 2.45) is 39.9 Å². The van der Waals surface area contributed by atoms with Gasteiger partial charge in [-0.2, -0.15) is 0 Å². The lowest BCUT2D eigenvalue weighted by molar-refractivity contribution is -0.162. The number of hydrogen-bond donors (Lipinski definition) is 0. The van der Waals surface area contributed by atoms with Gasteiger partial charge in [0.15, 0.2) is 0 Å². The number of benzene rings is 1. The first-order valence-corrected chi connectivity index (χ1v) is 13.5. The fourth-order valence-corrected chi connectivity index (χ4v) is 9.40. The van der Waals surface area contributed by atoms with Crippen molar-refractivity contribution in [2.75, 3.05) is 0 Å². The largest absolute Gasteiger partial charge is 0.463 e. The molecule has 8 atom stereocenters. The number of fused-ring (bicyclic) bond motifs is 5. The lowest BCUT2D eigenvalue weighted by atomic mass is 9.43. The Balaban J connectivity index is 1.31. The van der Waals surface area contributed by atoms with Crippen molar-refractivity contribution in [1.82, 2.24) is 0 Å². The van der Waals surface area contributed by atoms with E-state index in [0.717, 1.165) is 36.5 Å². The fraction of sp³-hybridized carbons (Fsp3) is 0.767. The maximum absolute atomic E-state index is 11.5.